The quantitative estimate of drug-likeness (QED) is 0.120. The number of alkyl carbamates (subject to hydrolysis) is 1. The van der Waals surface area contributed by atoms with E-state index >= 15 is 0 Å². The molecule has 4 unspecified atom stereocenters. The molecule has 2 aromatic rings. The van der Waals surface area contributed by atoms with Crippen LogP contribution in [-0.2, 0) is 28.5 Å². The Morgan fingerprint density at radius 2 is 1.76 bits per heavy atom. The highest BCUT2D eigenvalue weighted by Gasteiger charge is 2.61. The van der Waals surface area contributed by atoms with E-state index in [-0.39, 0.29) is 18.3 Å². The van der Waals surface area contributed by atoms with Gasteiger partial charge in [-0.25, -0.2) is 24.4 Å². The average Bonchev–Trinajstić information content (AvgIpc) is 3.54. The molecule has 2 saturated heterocycles. The van der Waals surface area contributed by atoms with Gasteiger partial charge < -0.3 is 34.0 Å². The second-order valence-corrected chi connectivity index (χ2v) is 14.3. The third-order valence-corrected chi connectivity index (χ3v) is 7.13. The van der Waals surface area contributed by atoms with E-state index in [4.69, 9.17) is 29.2 Å². The van der Waals surface area contributed by atoms with Crippen molar-refractivity contribution in [1.29, 1.82) is 0 Å². The van der Waals surface area contributed by atoms with Crippen molar-refractivity contribution in [2.24, 2.45) is 11.0 Å². The highest BCUT2D eigenvalue weighted by molar-refractivity contribution is 5.88. The lowest BCUT2D eigenvalue weighted by molar-refractivity contribution is -0.172. The molecule has 2 aliphatic heterocycles. The van der Waals surface area contributed by atoms with Gasteiger partial charge in [-0.15, -0.1) is 0 Å². The van der Waals surface area contributed by atoms with Crippen LogP contribution in [0.25, 0.3) is 21.5 Å². The summed E-state index contributed by atoms with van der Waals surface area (Å²) in [6, 6.07) is -2.68. The number of nitrogens with zero attached hydrogens (tertiary/aromatic N) is 6. The first kappa shape index (κ1) is 34.7. The Morgan fingerprint density at radius 1 is 1.11 bits per heavy atom. The van der Waals surface area contributed by atoms with Gasteiger partial charge in [0.25, 0.3) is 0 Å². The number of azide groups is 1. The maximum atomic E-state index is 13.9. The van der Waals surface area contributed by atoms with Gasteiger partial charge in [0.2, 0.25) is 0 Å². The summed E-state index contributed by atoms with van der Waals surface area (Å²) in [4.78, 5) is 55.8. The van der Waals surface area contributed by atoms with Crippen LogP contribution < -0.4 is 5.32 Å². The number of rotatable bonds is 8. The summed E-state index contributed by atoms with van der Waals surface area (Å²) >= 11 is 0. The van der Waals surface area contributed by atoms with Gasteiger partial charge >= 0.3 is 18.2 Å². The molecule has 4 heterocycles. The normalized spacial score (nSPS) is 23.1. The molecule has 2 amide bonds. The van der Waals surface area contributed by atoms with Crippen LogP contribution in [-0.4, -0.2) is 85.9 Å². The van der Waals surface area contributed by atoms with E-state index in [1.807, 2.05) is 13.8 Å². The molecule has 16 nitrogen and oxygen atoms in total. The molecular formula is C30H44N8O8. The van der Waals surface area contributed by atoms with Crippen LogP contribution in [0, 0.1) is 5.92 Å². The van der Waals surface area contributed by atoms with Crippen molar-refractivity contribution < 1.29 is 38.1 Å². The van der Waals surface area contributed by atoms with Gasteiger partial charge in [0, 0.05) is 16.7 Å². The second kappa shape index (κ2) is 12.9. The third-order valence-electron chi connectivity index (χ3n) is 7.13. The number of esters is 1. The number of amides is 2. The molecule has 16 heteroatoms. The van der Waals surface area contributed by atoms with Gasteiger partial charge in [0.15, 0.2) is 11.6 Å². The molecule has 4 rings (SSSR count). The summed E-state index contributed by atoms with van der Waals surface area (Å²) in [5.74, 6) is -1.61. The average molecular weight is 645 g/mol. The molecule has 5 atom stereocenters. The summed E-state index contributed by atoms with van der Waals surface area (Å²) in [6.45, 7) is 17.4. The van der Waals surface area contributed by atoms with Crippen molar-refractivity contribution in [3.8, 4) is 0 Å². The predicted molar refractivity (Wildman–Crippen MR) is 165 cm³/mol. The van der Waals surface area contributed by atoms with Crippen molar-refractivity contribution in [3.63, 3.8) is 0 Å². The number of aromatic nitrogens is 3. The fraction of sp³-hybridized carbons (Fsp3) is 0.700. The van der Waals surface area contributed by atoms with Crippen molar-refractivity contribution in [2.75, 3.05) is 6.61 Å². The van der Waals surface area contributed by atoms with Crippen molar-refractivity contribution in [3.05, 3.63) is 28.5 Å². The Kier molecular flexibility index (Phi) is 9.76. The summed E-state index contributed by atoms with van der Waals surface area (Å²) < 4.78 is 29.7. The summed E-state index contributed by atoms with van der Waals surface area (Å²) in [5.41, 5.74) is 8.71. The van der Waals surface area contributed by atoms with Gasteiger partial charge in [-0.3, -0.25) is 4.90 Å². The lowest BCUT2D eigenvalue weighted by atomic mass is 10.0. The molecule has 0 spiro atoms. The van der Waals surface area contributed by atoms with E-state index in [0.29, 0.717) is 23.0 Å². The summed E-state index contributed by atoms with van der Waals surface area (Å²) in [7, 11) is 0. The Labute approximate surface area is 267 Å². The van der Waals surface area contributed by atoms with Crippen LogP contribution in [0.5, 0.6) is 0 Å². The topological polar surface area (TPSA) is 203 Å². The van der Waals surface area contributed by atoms with Gasteiger partial charge in [-0.05, 0) is 78.4 Å². The van der Waals surface area contributed by atoms with Gasteiger partial charge in [-0.2, -0.15) is 0 Å². The van der Waals surface area contributed by atoms with E-state index < -0.39 is 65.5 Å². The fourth-order valence-corrected chi connectivity index (χ4v) is 5.64. The zero-order chi connectivity index (χ0) is 34.2. The van der Waals surface area contributed by atoms with Crippen molar-refractivity contribution in [1.82, 2.24) is 25.2 Å². The van der Waals surface area contributed by atoms with E-state index in [1.165, 1.54) is 11.2 Å². The van der Waals surface area contributed by atoms with Crippen LogP contribution in [0.3, 0.4) is 0 Å². The first-order valence-electron chi connectivity index (χ1n) is 15.2. The number of hydrogen-bond acceptors (Lipinski definition) is 11. The number of carbonyl (C=O) groups excluding carboxylic acids is 3. The highest BCUT2D eigenvalue weighted by atomic mass is 16.8. The molecule has 0 aliphatic carbocycles. The van der Waals surface area contributed by atoms with Crippen molar-refractivity contribution in [2.45, 2.75) is 123 Å². The maximum absolute atomic E-state index is 13.9. The molecule has 2 aliphatic rings. The van der Waals surface area contributed by atoms with Crippen molar-refractivity contribution >= 4 is 35.0 Å². The smallest absolute Gasteiger partial charge is 0.411 e. The van der Waals surface area contributed by atoms with E-state index in [9.17, 15) is 14.4 Å². The number of aromatic amines is 1. The molecule has 0 saturated carbocycles. The van der Waals surface area contributed by atoms with Gasteiger partial charge in [-0.1, -0.05) is 13.8 Å². The number of ether oxygens (including phenoxy) is 5. The van der Waals surface area contributed by atoms with E-state index in [1.54, 1.807) is 61.6 Å². The minimum absolute atomic E-state index is 0.0393. The number of fused-ring (bicyclic) bond motifs is 2. The molecule has 46 heavy (non-hydrogen) atoms. The van der Waals surface area contributed by atoms with Gasteiger partial charge in [0.1, 0.15) is 42.4 Å². The minimum Gasteiger partial charge on any atom is -0.462 e. The first-order chi connectivity index (χ1) is 21.3. The summed E-state index contributed by atoms with van der Waals surface area (Å²) in [5, 5.41) is 6.27. The molecule has 0 radical (unpaired) electrons. The molecule has 2 fully saturated rings. The molecule has 252 valence electrons. The first-order valence-corrected chi connectivity index (χ1v) is 15.2. The number of hydrogen-bond donors (Lipinski definition) is 2. The van der Waals surface area contributed by atoms with Gasteiger partial charge in [0.05, 0.1) is 23.1 Å². The lowest BCUT2D eigenvalue weighted by Crippen LogP contribution is -2.49. The number of nitrogens with one attached hydrogen (secondary N) is 2. The monoisotopic (exact) mass is 644 g/mol. The Hall–Kier alpha value is -4.14. The fourth-order valence-electron chi connectivity index (χ4n) is 5.64. The number of carbonyl (C=O) groups is 3. The van der Waals surface area contributed by atoms with Crippen LogP contribution in [0.15, 0.2) is 17.6 Å². The Bertz CT molecular complexity index is 1500. The standard InChI is InChI=1S/C30H44N8O8/c1-15(2)11-17(35-26(40)45-28(3,4)5)25(39)42-13-18-22-23(44-30(9,10)43-22)21(38(18)27(41)46-29(6,7)8)16-12-32-20-19(16)33-14-34-24(20)36-37-31/h12,14-15,17-18,21-23,32H,11,13H2,1-10H3,(H,35,40)/t17-,18?,21?,22?,23?/m0/s1. The third kappa shape index (κ3) is 7.98. The van der Waals surface area contributed by atoms with Crippen LogP contribution in [0.2, 0.25) is 0 Å². The summed E-state index contributed by atoms with van der Waals surface area (Å²) in [6.07, 6.45) is 0.282. The zero-order valence-electron chi connectivity index (χ0n) is 28.0. The minimum atomic E-state index is -1.04. The molecular weight excluding hydrogens is 600 g/mol. The molecule has 0 bridgehead atoms. The lowest BCUT2D eigenvalue weighted by Gasteiger charge is -2.35. The molecule has 2 aromatic heterocycles. The molecule has 0 aromatic carbocycles. The Morgan fingerprint density at radius 3 is 2.37 bits per heavy atom. The second-order valence-electron chi connectivity index (χ2n) is 14.3. The molecule has 2 N–H and O–H groups in total. The van der Waals surface area contributed by atoms with E-state index in [2.05, 4.69) is 30.3 Å². The van der Waals surface area contributed by atoms with Crippen LogP contribution in [0.4, 0.5) is 15.4 Å². The SMILES string of the molecule is CC(C)C[C@H](NC(=O)OC(C)(C)C)C(=O)OCC1C2OC(C)(C)OC2C(c2c[nH]c3c(N=[N+]=[N-])ncnc23)N1C(=O)OC(C)(C)C. The maximum Gasteiger partial charge on any atom is 0.411 e. The predicted octanol–water partition coefficient (Wildman–Crippen LogP) is 5.56. The Balaban J connectivity index is 1.71. The van der Waals surface area contributed by atoms with Crippen LogP contribution in [0.1, 0.15) is 87.3 Å². The van der Waals surface area contributed by atoms with Crippen LogP contribution >= 0.6 is 0 Å². The number of H-pyrrole nitrogens is 1. The van der Waals surface area contributed by atoms with E-state index in [0.717, 1.165) is 0 Å². The highest BCUT2D eigenvalue weighted by Crippen LogP contribution is 2.49. The zero-order valence-corrected chi connectivity index (χ0v) is 28.0. The number of likely N-dealkylation sites (tertiary alicyclic amines) is 1. The largest absolute Gasteiger partial charge is 0.462 e.